The van der Waals surface area contributed by atoms with E-state index in [0.29, 0.717) is 22.2 Å². The Morgan fingerprint density at radius 1 is 1.21 bits per heavy atom. The number of aromatic amines is 1. The Balaban J connectivity index is 1.51. The summed E-state index contributed by atoms with van der Waals surface area (Å²) in [6, 6.07) is 1.00. The van der Waals surface area contributed by atoms with Crippen molar-refractivity contribution in [3.63, 3.8) is 0 Å². The topological polar surface area (TPSA) is 109 Å². The minimum Gasteiger partial charge on any atom is -0.481 e. The van der Waals surface area contributed by atoms with E-state index < -0.39 is 23.5 Å². The number of fused-ring (bicyclic) bond motifs is 5. The first-order chi connectivity index (χ1) is 15.9. The molecule has 4 heterocycles. The minimum atomic E-state index is -0.834. The van der Waals surface area contributed by atoms with Gasteiger partial charge in [-0.3, -0.25) is 4.79 Å². The SMILES string of the molecule is Cn1cc(F)c2c(N[C@H]3C4CCC(CC4)[C@@H]3C(=O)O)nc(-c3c[nH]c4ncc(F)cc34)nc21. The van der Waals surface area contributed by atoms with Crippen LogP contribution < -0.4 is 5.32 Å². The first-order valence-electron chi connectivity index (χ1n) is 11.1. The van der Waals surface area contributed by atoms with Gasteiger partial charge in [-0.1, -0.05) is 0 Å². The molecule has 0 aromatic carbocycles. The van der Waals surface area contributed by atoms with Crippen molar-refractivity contribution in [2.75, 3.05) is 5.32 Å². The van der Waals surface area contributed by atoms with Crippen LogP contribution in [0.1, 0.15) is 25.7 Å². The van der Waals surface area contributed by atoms with Crippen molar-refractivity contribution in [3.8, 4) is 11.4 Å². The largest absolute Gasteiger partial charge is 0.481 e. The lowest BCUT2D eigenvalue weighted by Crippen LogP contribution is -2.51. The van der Waals surface area contributed by atoms with Crippen LogP contribution in [0.4, 0.5) is 14.6 Å². The molecule has 0 amide bonds. The molecule has 3 N–H and O–H groups in total. The molecule has 2 bridgehead atoms. The van der Waals surface area contributed by atoms with Crippen molar-refractivity contribution in [1.82, 2.24) is 24.5 Å². The van der Waals surface area contributed by atoms with Crippen molar-refractivity contribution < 1.29 is 18.7 Å². The predicted molar refractivity (Wildman–Crippen MR) is 117 cm³/mol. The predicted octanol–water partition coefficient (Wildman–Crippen LogP) is 4.09. The standard InChI is InChI=1S/C23H22F2N6O2/c1-31-9-15(25)17-21(28-18-11-4-2-10(3-5-11)16(18)23(32)33)29-20(30-22(17)31)14-8-27-19-13(14)6-12(24)7-26-19/h6-11,16,18H,2-5H2,1H3,(H,26,27)(H,32,33)(H,28,29,30)/t10?,11?,16-,18-/m0/s1. The molecule has 0 unspecified atom stereocenters. The Morgan fingerprint density at radius 3 is 2.73 bits per heavy atom. The summed E-state index contributed by atoms with van der Waals surface area (Å²) in [4.78, 5) is 28.3. The van der Waals surface area contributed by atoms with Gasteiger partial charge in [0.05, 0.1) is 17.5 Å². The summed E-state index contributed by atoms with van der Waals surface area (Å²) in [5, 5.41) is 14.0. The van der Waals surface area contributed by atoms with Crippen LogP contribution in [0.25, 0.3) is 33.5 Å². The Labute approximate surface area is 187 Å². The maximum Gasteiger partial charge on any atom is 0.308 e. The Bertz CT molecular complexity index is 1410. The van der Waals surface area contributed by atoms with E-state index in [2.05, 4.69) is 25.3 Å². The number of halogens is 2. The van der Waals surface area contributed by atoms with Crippen molar-refractivity contribution in [2.24, 2.45) is 24.8 Å². The van der Waals surface area contributed by atoms with E-state index >= 15 is 0 Å². The molecule has 7 rings (SSSR count). The molecule has 0 saturated heterocycles. The summed E-state index contributed by atoms with van der Waals surface area (Å²) in [7, 11) is 1.69. The van der Waals surface area contributed by atoms with Crippen LogP contribution >= 0.6 is 0 Å². The molecule has 170 valence electrons. The van der Waals surface area contributed by atoms with Crippen molar-refractivity contribution in [2.45, 2.75) is 31.7 Å². The fourth-order valence-corrected chi connectivity index (χ4v) is 5.78. The highest BCUT2D eigenvalue weighted by molar-refractivity contribution is 5.95. The number of hydrogen-bond donors (Lipinski definition) is 3. The number of carboxylic acid groups (broad SMARTS) is 1. The smallest absolute Gasteiger partial charge is 0.308 e. The molecular weight excluding hydrogens is 430 g/mol. The van der Waals surface area contributed by atoms with Crippen LogP contribution in [0.5, 0.6) is 0 Å². The van der Waals surface area contributed by atoms with E-state index in [4.69, 9.17) is 0 Å². The molecule has 3 fully saturated rings. The monoisotopic (exact) mass is 452 g/mol. The van der Waals surface area contributed by atoms with Gasteiger partial charge in [0.1, 0.15) is 22.9 Å². The number of pyridine rings is 1. The van der Waals surface area contributed by atoms with Crippen LogP contribution in [0.3, 0.4) is 0 Å². The summed E-state index contributed by atoms with van der Waals surface area (Å²) < 4.78 is 30.4. The molecule has 3 aliphatic rings. The van der Waals surface area contributed by atoms with Gasteiger partial charge in [0.2, 0.25) is 0 Å². The highest BCUT2D eigenvalue weighted by Crippen LogP contribution is 2.47. The summed E-state index contributed by atoms with van der Waals surface area (Å²) >= 11 is 0. The number of aliphatic carboxylic acids is 1. The third kappa shape index (κ3) is 3.07. The maximum atomic E-state index is 14.9. The molecular formula is C23H22F2N6O2. The van der Waals surface area contributed by atoms with E-state index in [-0.39, 0.29) is 34.9 Å². The van der Waals surface area contributed by atoms with Crippen LogP contribution in [-0.4, -0.2) is 41.6 Å². The van der Waals surface area contributed by atoms with Gasteiger partial charge in [0.25, 0.3) is 0 Å². The molecule has 33 heavy (non-hydrogen) atoms. The molecule has 0 radical (unpaired) electrons. The molecule has 3 saturated carbocycles. The lowest BCUT2D eigenvalue weighted by atomic mass is 9.61. The van der Waals surface area contributed by atoms with Crippen LogP contribution in [0.2, 0.25) is 0 Å². The quantitative estimate of drug-likeness (QED) is 0.430. The number of carbonyl (C=O) groups is 1. The van der Waals surface area contributed by atoms with E-state index in [0.717, 1.165) is 31.9 Å². The normalized spacial score (nSPS) is 24.6. The van der Waals surface area contributed by atoms with Gasteiger partial charge < -0.3 is 20.0 Å². The van der Waals surface area contributed by atoms with Gasteiger partial charge >= 0.3 is 5.97 Å². The summed E-state index contributed by atoms with van der Waals surface area (Å²) in [5.41, 5.74) is 1.38. The lowest BCUT2D eigenvalue weighted by Gasteiger charge is -2.47. The number of aryl methyl sites for hydroxylation is 1. The van der Waals surface area contributed by atoms with Gasteiger partial charge in [-0.25, -0.2) is 23.7 Å². The number of hydrogen-bond acceptors (Lipinski definition) is 5. The molecule has 10 heteroatoms. The first-order valence-corrected chi connectivity index (χ1v) is 11.1. The Hall–Kier alpha value is -3.56. The van der Waals surface area contributed by atoms with Crippen molar-refractivity contribution in [3.05, 3.63) is 36.3 Å². The average Bonchev–Trinajstić information content (AvgIpc) is 3.34. The molecule has 4 aromatic heterocycles. The minimum absolute atomic E-state index is 0.102. The van der Waals surface area contributed by atoms with Gasteiger partial charge in [-0.05, 0) is 43.6 Å². The second-order valence-corrected chi connectivity index (χ2v) is 9.14. The number of nitrogens with one attached hydrogen (secondary N) is 2. The molecule has 2 atom stereocenters. The Morgan fingerprint density at radius 2 is 1.97 bits per heavy atom. The highest BCUT2D eigenvalue weighted by atomic mass is 19.1. The summed E-state index contributed by atoms with van der Waals surface area (Å²) in [6.45, 7) is 0. The number of rotatable bonds is 4. The molecule has 0 spiro atoms. The van der Waals surface area contributed by atoms with Gasteiger partial charge in [0, 0.05) is 36.4 Å². The van der Waals surface area contributed by atoms with E-state index in [9.17, 15) is 18.7 Å². The van der Waals surface area contributed by atoms with Crippen molar-refractivity contribution >= 4 is 33.9 Å². The van der Waals surface area contributed by atoms with Crippen LogP contribution in [0.15, 0.2) is 24.7 Å². The molecule has 4 aromatic rings. The number of aromatic nitrogens is 5. The number of nitrogens with zero attached hydrogens (tertiary/aromatic N) is 4. The fraction of sp³-hybridized carbons (Fsp3) is 0.391. The second-order valence-electron chi connectivity index (χ2n) is 9.14. The third-order valence-corrected chi connectivity index (χ3v) is 7.32. The van der Waals surface area contributed by atoms with Crippen LogP contribution in [-0.2, 0) is 11.8 Å². The zero-order valence-electron chi connectivity index (χ0n) is 17.8. The molecule has 0 aliphatic heterocycles. The van der Waals surface area contributed by atoms with Crippen molar-refractivity contribution in [1.29, 1.82) is 0 Å². The maximum absolute atomic E-state index is 14.9. The number of anilines is 1. The Kier molecular flexibility index (Phi) is 4.40. The molecule has 3 aliphatic carbocycles. The third-order valence-electron chi connectivity index (χ3n) is 7.32. The summed E-state index contributed by atoms with van der Waals surface area (Å²) in [5.74, 6) is -1.54. The van der Waals surface area contributed by atoms with Gasteiger partial charge in [0.15, 0.2) is 11.6 Å². The lowest BCUT2D eigenvalue weighted by molar-refractivity contribution is -0.148. The summed E-state index contributed by atoms with van der Waals surface area (Å²) in [6.07, 6.45) is 7.78. The molecule has 8 nitrogen and oxygen atoms in total. The number of carboxylic acids is 1. The first kappa shape index (κ1) is 20.1. The zero-order valence-corrected chi connectivity index (χ0v) is 17.8. The van der Waals surface area contributed by atoms with Gasteiger partial charge in [-0.15, -0.1) is 0 Å². The average molecular weight is 452 g/mol. The van der Waals surface area contributed by atoms with E-state index in [1.165, 1.54) is 12.3 Å². The highest BCUT2D eigenvalue weighted by Gasteiger charge is 2.47. The zero-order chi connectivity index (χ0) is 22.9. The second kappa shape index (κ2) is 7.23. The van der Waals surface area contributed by atoms with E-state index in [1.807, 2.05) is 0 Å². The van der Waals surface area contributed by atoms with E-state index in [1.54, 1.807) is 17.8 Å². The number of H-pyrrole nitrogens is 1. The fourth-order valence-electron chi connectivity index (χ4n) is 5.78. The van der Waals surface area contributed by atoms with Crippen LogP contribution in [0, 0.1) is 29.4 Å². The van der Waals surface area contributed by atoms with Gasteiger partial charge in [-0.2, -0.15) is 0 Å².